The minimum Gasteiger partial charge on any atom is -0.342 e. The maximum Gasteiger partial charge on any atom is 0.137 e. The minimum absolute atomic E-state index is 0.581. The van der Waals surface area contributed by atoms with E-state index in [1.807, 2.05) is 12.1 Å². The number of aromatic nitrogens is 2. The van der Waals surface area contributed by atoms with Gasteiger partial charge in [-0.05, 0) is 18.9 Å². The normalized spacial score (nSPS) is 10.7. The van der Waals surface area contributed by atoms with Gasteiger partial charge in [-0.1, -0.05) is 31.2 Å². The highest BCUT2D eigenvalue weighted by molar-refractivity contribution is 5.56. The summed E-state index contributed by atoms with van der Waals surface area (Å²) in [5.41, 5.74) is 10.1. The number of hydrogen-bond acceptors (Lipinski definition) is 2. The second-order valence-corrected chi connectivity index (χ2v) is 3.91. The van der Waals surface area contributed by atoms with Crippen LogP contribution in [0.25, 0.3) is 11.4 Å². The summed E-state index contributed by atoms with van der Waals surface area (Å²) in [6.45, 7) is 4.76. The van der Waals surface area contributed by atoms with Crippen molar-refractivity contribution in [3.63, 3.8) is 0 Å². The lowest BCUT2D eigenvalue weighted by Crippen LogP contribution is -1.95. The van der Waals surface area contributed by atoms with Gasteiger partial charge in [-0.3, -0.25) is 0 Å². The number of nitrogens with zero attached hydrogens (tertiary/aromatic N) is 1. The zero-order valence-electron chi connectivity index (χ0n) is 9.75. The molecule has 84 valence electrons. The van der Waals surface area contributed by atoms with Gasteiger partial charge in [-0.25, -0.2) is 4.98 Å². The molecular formula is C13H17N3. The highest BCUT2D eigenvalue weighted by atomic mass is 14.9. The number of aryl methyl sites for hydroxylation is 2. The monoisotopic (exact) mass is 215 g/mol. The van der Waals surface area contributed by atoms with Crippen LogP contribution in [0.3, 0.4) is 0 Å². The maximum absolute atomic E-state index is 5.56. The zero-order chi connectivity index (χ0) is 11.5. The van der Waals surface area contributed by atoms with Crippen LogP contribution in [-0.4, -0.2) is 9.97 Å². The van der Waals surface area contributed by atoms with Crippen LogP contribution in [0.2, 0.25) is 0 Å². The fraction of sp³-hybridized carbons (Fsp3) is 0.308. The van der Waals surface area contributed by atoms with Gasteiger partial charge in [-0.15, -0.1) is 0 Å². The molecule has 3 nitrogen and oxygen atoms in total. The summed E-state index contributed by atoms with van der Waals surface area (Å²) in [6.07, 6.45) is 0.962. The third kappa shape index (κ3) is 1.99. The van der Waals surface area contributed by atoms with E-state index in [0.29, 0.717) is 6.54 Å². The van der Waals surface area contributed by atoms with E-state index >= 15 is 0 Å². The van der Waals surface area contributed by atoms with Gasteiger partial charge < -0.3 is 10.7 Å². The average Bonchev–Trinajstić information content (AvgIpc) is 2.71. The molecule has 1 aromatic heterocycles. The molecule has 0 saturated carbocycles. The number of H-pyrrole nitrogens is 1. The van der Waals surface area contributed by atoms with E-state index in [0.717, 1.165) is 34.8 Å². The smallest absolute Gasteiger partial charge is 0.137 e. The number of rotatable bonds is 3. The van der Waals surface area contributed by atoms with Crippen molar-refractivity contribution >= 4 is 0 Å². The summed E-state index contributed by atoms with van der Waals surface area (Å²) in [4.78, 5) is 7.87. The molecule has 0 aliphatic carbocycles. The van der Waals surface area contributed by atoms with Crippen LogP contribution in [-0.2, 0) is 13.0 Å². The van der Waals surface area contributed by atoms with Crippen molar-refractivity contribution in [1.29, 1.82) is 0 Å². The van der Waals surface area contributed by atoms with Gasteiger partial charge >= 0.3 is 0 Å². The first kappa shape index (κ1) is 10.9. The Bertz CT molecular complexity index is 468. The first-order valence-electron chi connectivity index (χ1n) is 5.59. The Kier molecular flexibility index (Phi) is 3.06. The van der Waals surface area contributed by atoms with Crippen molar-refractivity contribution in [2.24, 2.45) is 5.73 Å². The third-order valence-corrected chi connectivity index (χ3v) is 2.78. The molecule has 0 bridgehead atoms. The van der Waals surface area contributed by atoms with E-state index in [9.17, 15) is 0 Å². The second-order valence-electron chi connectivity index (χ2n) is 3.91. The number of aromatic amines is 1. The largest absolute Gasteiger partial charge is 0.342 e. The van der Waals surface area contributed by atoms with Crippen LogP contribution in [0.1, 0.15) is 23.9 Å². The SMILES string of the molecule is CCc1nc(-c2ccc(CN)cc2)[nH]c1C. The number of hydrogen-bond donors (Lipinski definition) is 2. The quantitative estimate of drug-likeness (QED) is 0.826. The summed E-state index contributed by atoms with van der Waals surface area (Å²) in [5, 5.41) is 0. The maximum atomic E-state index is 5.56. The second kappa shape index (κ2) is 4.49. The Morgan fingerprint density at radius 2 is 1.94 bits per heavy atom. The van der Waals surface area contributed by atoms with Gasteiger partial charge in [0.15, 0.2) is 0 Å². The molecule has 0 aliphatic rings. The van der Waals surface area contributed by atoms with Gasteiger partial charge in [0.2, 0.25) is 0 Å². The van der Waals surface area contributed by atoms with Crippen LogP contribution in [0.15, 0.2) is 24.3 Å². The van der Waals surface area contributed by atoms with Crippen LogP contribution < -0.4 is 5.73 Å². The Morgan fingerprint density at radius 3 is 2.44 bits per heavy atom. The molecule has 2 rings (SSSR count). The van der Waals surface area contributed by atoms with Crippen LogP contribution >= 0.6 is 0 Å². The molecule has 0 unspecified atom stereocenters. The van der Waals surface area contributed by atoms with E-state index in [4.69, 9.17) is 5.73 Å². The van der Waals surface area contributed by atoms with E-state index in [2.05, 4.69) is 35.9 Å². The molecule has 2 aromatic rings. The predicted octanol–water partition coefficient (Wildman–Crippen LogP) is 2.41. The molecule has 16 heavy (non-hydrogen) atoms. The molecular weight excluding hydrogens is 198 g/mol. The number of nitrogens with one attached hydrogen (secondary N) is 1. The Hall–Kier alpha value is -1.61. The Morgan fingerprint density at radius 1 is 1.25 bits per heavy atom. The van der Waals surface area contributed by atoms with Crippen molar-refractivity contribution < 1.29 is 0 Å². The molecule has 3 N–H and O–H groups in total. The molecule has 0 aliphatic heterocycles. The minimum atomic E-state index is 0.581. The number of imidazole rings is 1. The molecule has 0 amide bonds. The first-order chi connectivity index (χ1) is 7.74. The third-order valence-electron chi connectivity index (χ3n) is 2.78. The lowest BCUT2D eigenvalue weighted by atomic mass is 10.1. The summed E-state index contributed by atoms with van der Waals surface area (Å²) < 4.78 is 0. The van der Waals surface area contributed by atoms with Crippen molar-refractivity contribution in [3.8, 4) is 11.4 Å². The van der Waals surface area contributed by atoms with Crippen molar-refractivity contribution in [2.75, 3.05) is 0 Å². The van der Waals surface area contributed by atoms with Crippen LogP contribution in [0.4, 0.5) is 0 Å². The Labute approximate surface area is 95.7 Å². The van der Waals surface area contributed by atoms with Gasteiger partial charge in [-0.2, -0.15) is 0 Å². The molecule has 0 radical (unpaired) electrons. The molecule has 0 saturated heterocycles. The molecule has 0 atom stereocenters. The molecule has 1 aromatic carbocycles. The molecule has 1 heterocycles. The predicted molar refractivity (Wildman–Crippen MR) is 66.0 cm³/mol. The standard InChI is InChI=1S/C13H17N3/c1-3-12-9(2)15-13(16-12)11-6-4-10(8-14)5-7-11/h4-7H,3,8,14H2,1-2H3,(H,15,16). The van der Waals surface area contributed by atoms with Gasteiger partial charge in [0.05, 0.1) is 5.69 Å². The van der Waals surface area contributed by atoms with Crippen LogP contribution in [0.5, 0.6) is 0 Å². The lowest BCUT2D eigenvalue weighted by molar-refractivity contribution is 1.04. The molecule has 3 heteroatoms. The van der Waals surface area contributed by atoms with Crippen LogP contribution in [0, 0.1) is 6.92 Å². The van der Waals surface area contributed by atoms with Gasteiger partial charge in [0.1, 0.15) is 5.82 Å². The fourth-order valence-corrected chi connectivity index (χ4v) is 1.78. The zero-order valence-corrected chi connectivity index (χ0v) is 9.75. The van der Waals surface area contributed by atoms with Crippen molar-refractivity contribution in [1.82, 2.24) is 9.97 Å². The fourth-order valence-electron chi connectivity index (χ4n) is 1.78. The highest BCUT2D eigenvalue weighted by Gasteiger charge is 2.06. The van der Waals surface area contributed by atoms with Gasteiger partial charge in [0, 0.05) is 17.8 Å². The molecule has 0 spiro atoms. The van der Waals surface area contributed by atoms with E-state index in [1.165, 1.54) is 0 Å². The first-order valence-corrected chi connectivity index (χ1v) is 5.59. The van der Waals surface area contributed by atoms with E-state index in [-0.39, 0.29) is 0 Å². The highest BCUT2D eigenvalue weighted by Crippen LogP contribution is 2.18. The summed E-state index contributed by atoms with van der Waals surface area (Å²) >= 11 is 0. The summed E-state index contributed by atoms with van der Waals surface area (Å²) in [6, 6.07) is 8.19. The number of benzene rings is 1. The van der Waals surface area contributed by atoms with Gasteiger partial charge in [0.25, 0.3) is 0 Å². The topological polar surface area (TPSA) is 54.7 Å². The molecule has 0 fully saturated rings. The van der Waals surface area contributed by atoms with E-state index < -0.39 is 0 Å². The van der Waals surface area contributed by atoms with Crippen molar-refractivity contribution in [2.45, 2.75) is 26.8 Å². The van der Waals surface area contributed by atoms with E-state index in [1.54, 1.807) is 0 Å². The van der Waals surface area contributed by atoms with Crippen molar-refractivity contribution in [3.05, 3.63) is 41.2 Å². The lowest BCUT2D eigenvalue weighted by Gasteiger charge is -1.99. The Balaban J connectivity index is 2.34. The summed E-state index contributed by atoms with van der Waals surface area (Å²) in [5.74, 6) is 0.943. The average molecular weight is 215 g/mol. The summed E-state index contributed by atoms with van der Waals surface area (Å²) in [7, 11) is 0. The number of nitrogens with two attached hydrogens (primary N) is 1.